The van der Waals surface area contributed by atoms with Crippen LogP contribution in [0.5, 0.6) is 0 Å². The zero-order valence-corrected chi connectivity index (χ0v) is 14.2. The van der Waals surface area contributed by atoms with E-state index >= 15 is 0 Å². The zero-order valence-electron chi connectivity index (χ0n) is 12.6. The molecule has 0 bridgehead atoms. The Morgan fingerprint density at radius 3 is 2.65 bits per heavy atom. The number of halogens is 1. The Balaban J connectivity index is 1.70. The molecule has 0 saturated carbocycles. The topological polar surface area (TPSA) is 62.7 Å². The average Bonchev–Trinajstić information content (AvgIpc) is 2.57. The molecule has 116 valence electrons. The van der Waals surface area contributed by atoms with E-state index in [9.17, 15) is 0 Å². The normalized spacial score (nSPS) is 10.3. The number of hydrogen-bond acceptors (Lipinski definition) is 5. The van der Waals surface area contributed by atoms with Crippen molar-refractivity contribution in [3.05, 3.63) is 70.3 Å². The second-order valence-electron chi connectivity index (χ2n) is 5.05. The Morgan fingerprint density at radius 2 is 1.83 bits per heavy atom. The molecule has 2 N–H and O–H groups in total. The van der Waals surface area contributed by atoms with Gasteiger partial charge >= 0.3 is 0 Å². The second-order valence-corrected chi connectivity index (χ2v) is 5.90. The molecular weight excluding hydrogens is 354 g/mol. The predicted molar refractivity (Wildman–Crippen MR) is 95.8 cm³/mol. The molecule has 1 aromatic heterocycles. The maximum absolute atomic E-state index is 4.44. The van der Waals surface area contributed by atoms with E-state index in [4.69, 9.17) is 0 Å². The number of nitrogens with zero attached hydrogens (tertiary/aromatic N) is 3. The summed E-state index contributed by atoms with van der Waals surface area (Å²) >= 11 is 3.50. The van der Waals surface area contributed by atoms with Crippen molar-refractivity contribution in [2.75, 3.05) is 10.6 Å². The van der Waals surface area contributed by atoms with Crippen LogP contribution >= 0.6 is 15.9 Å². The first kappa shape index (κ1) is 15.4. The SMILES string of the molecule is Cc1ccccc1CNc1nncc(Nc2ccccc2Br)n1. The molecule has 0 atom stereocenters. The van der Waals surface area contributed by atoms with Crippen LogP contribution in [-0.4, -0.2) is 15.2 Å². The Hall–Kier alpha value is -2.47. The fourth-order valence-corrected chi connectivity index (χ4v) is 2.51. The minimum absolute atomic E-state index is 0.491. The van der Waals surface area contributed by atoms with Gasteiger partial charge in [0, 0.05) is 11.0 Å². The third-order valence-electron chi connectivity index (χ3n) is 3.39. The van der Waals surface area contributed by atoms with Crippen LogP contribution in [0.2, 0.25) is 0 Å². The van der Waals surface area contributed by atoms with Gasteiger partial charge in [-0.25, -0.2) is 0 Å². The molecule has 0 unspecified atom stereocenters. The first-order valence-electron chi connectivity index (χ1n) is 7.22. The van der Waals surface area contributed by atoms with Crippen molar-refractivity contribution in [3.8, 4) is 0 Å². The molecule has 0 aliphatic heterocycles. The van der Waals surface area contributed by atoms with E-state index in [2.05, 4.69) is 60.8 Å². The van der Waals surface area contributed by atoms with Gasteiger partial charge in [-0.3, -0.25) is 0 Å². The summed E-state index contributed by atoms with van der Waals surface area (Å²) in [6, 6.07) is 16.1. The molecule has 2 aromatic carbocycles. The molecular formula is C17H16BrN5. The van der Waals surface area contributed by atoms with Gasteiger partial charge in [0.15, 0.2) is 5.82 Å². The number of hydrogen-bond donors (Lipinski definition) is 2. The summed E-state index contributed by atoms with van der Waals surface area (Å²) in [6.45, 7) is 2.74. The smallest absolute Gasteiger partial charge is 0.244 e. The maximum Gasteiger partial charge on any atom is 0.244 e. The fraction of sp³-hybridized carbons (Fsp3) is 0.118. The van der Waals surface area contributed by atoms with E-state index in [0.29, 0.717) is 18.3 Å². The van der Waals surface area contributed by atoms with Crippen LogP contribution in [0, 0.1) is 6.92 Å². The minimum Gasteiger partial charge on any atom is -0.349 e. The second kappa shape index (κ2) is 7.19. The van der Waals surface area contributed by atoms with E-state index in [1.165, 1.54) is 11.1 Å². The first-order chi connectivity index (χ1) is 11.2. The van der Waals surface area contributed by atoms with E-state index < -0.39 is 0 Å². The monoisotopic (exact) mass is 369 g/mol. The Morgan fingerprint density at radius 1 is 1.04 bits per heavy atom. The number of aryl methyl sites for hydroxylation is 1. The molecule has 5 nitrogen and oxygen atoms in total. The first-order valence-corrected chi connectivity index (χ1v) is 8.01. The van der Waals surface area contributed by atoms with Crippen molar-refractivity contribution >= 4 is 33.4 Å². The van der Waals surface area contributed by atoms with Gasteiger partial charge in [-0.2, -0.15) is 10.1 Å². The van der Waals surface area contributed by atoms with Gasteiger partial charge in [0.1, 0.15) is 0 Å². The lowest BCUT2D eigenvalue weighted by atomic mass is 10.1. The lowest BCUT2D eigenvalue weighted by Crippen LogP contribution is -2.07. The zero-order chi connectivity index (χ0) is 16.1. The molecule has 0 fully saturated rings. The summed E-state index contributed by atoms with van der Waals surface area (Å²) in [4.78, 5) is 4.44. The molecule has 3 aromatic rings. The summed E-state index contributed by atoms with van der Waals surface area (Å²) in [5, 5.41) is 14.4. The van der Waals surface area contributed by atoms with Crippen molar-refractivity contribution in [1.29, 1.82) is 0 Å². The van der Waals surface area contributed by atoms with E-state index in [0.717, 1.165) is 10.2 Å². The molecule has 23 heavy (non-hydrogen) atoms. The van der Waals surface area contributed by atoms with Gasteiger partial charge in [0.25, 0.3) is 0 Å². The summed E-state index contributed by atoms with van der Waals surface area (Å²) in [6.07, 6.45) is 1.60. The predicted octanol–water partition coefficient (Wildman–Crippen LogP) is 4.30. The molecule has 0 radical (unpaired) electrons. The van der Waals surface area contributed by atoms with Crippen molar-refractivity contribution in [2.24, 2.45) is 0 Å². The minimum atomic E-state index is 0.491. The Bertz CT molecular complexity index is 806. The molecule has 6 heteroatoms. The summed E-state index contributed by atoms with van der Waals surface area (Å²) in [5.74, 6) is 1.13. The number of nitrogens with one attached hydrogen (secondary N) is 2. The molecule has 0 aliphatic rings. The Kier molecular flexibility index (Phi) is 4.83. The maximum atomic E-state index is 4.44. The molecule has 0 saturated heterocycles. The molecule has 3 rings (SSSR count). The van der Waals surface area contributed by atoms with Crippen LogP contribution in [0.3, 0.4) is 0 Å². The van der Waals surface area contributed by atoms with Gasteiger partial charge < -0.3 is 10.6 Å². The third-order valence-corrected chi connectivity index (χ3v) is 4.09. The lowest BCUT2D eigenvalue weighted by molar-refractivity contribution is 0.946. The van der Waals surface area contributed by atoms with Gasteiger partial charge in [-0.15, -0.1) is 5.10 Å². The highest BCUT2D eigenvalue weighted by Crippen LogP contribution is 2.24. The molecule has 0 aliphatic carbocycles. The summed E-state index contributed by atoms with van der Waals surface area (Å²) < 4.78 is 0.966. The standard InChI is InChI=1S/C17H16BrN5/c1-12-6-2-3-7-13(12)10-19-17-22-16(11-20-23-17)21-15-9-5-4-8-14(15)18/h2-9,11H,10H2,1H3,(H2,19,21,22,23). The van der Waals surface area contributed by atoms with Crippen molar-refractivity contribution in [1.82, 2.24) is 15.2 Å². The van der Waals surface area contributed by atoms with Crippen LogP contribution in [0.1, 0.15) is 11.1 Å². The lowest BCUT2D eigenvalue weighted by Gasteiger charge is -2.10. The van der Waals surface area contributed by atoms with Crippen LogP contribution in [0.25, 0.3) is 0 Å². The number of benzene rings is 2. The average molecular weight is 370 g/mol. The van der Waals surface area contributed by atoms with Crippen molar-refractivity contribution in [3.63, 3.8) is 0 Å². The van der Waals surface area contributed by atoms with Crippen molar-refractivity contribution in [2.45, 2.75) is 13.5 Å². The number of rotatable bonds is 5. The molecule has 0 spiro atoms. The van der Waals surface area contributed by atoms with Crippen LogP contribution in [0.15, 0.2) is 59.2 Å². The fourth-order valence-electron chi connectivity index (χ4n) is 2.12. The highest BCUT2D eigenvalue weighted by atomic mass is 79.9. The van der Waals surface area contributed by atoms with Crippen molar-refractivity contribution < 1.29 is 0 Å². The summed E-state index contributed by atoms with van der Waals surface area (Å²) in [5.41, 5.74) is 3.37. The highest BCUT2D eigenvalue weighted by Gasteiger charge is 2.04. The van der Waals surface area contributed by atoms with Crippen LogP contribution in [0.4, 0.5) is 17.5 Å². The van der Waals surface area contributed by atoms with Gasteiger partial charge in [0.2, 0.25) is 5.95 Å². The number of para-hydroxylation sites is 1. The molecule has 0 amide bonds. The van der Waals surface area contributed by atoms with Crippen LogP contribution < -0.4 is 10.6 Å². The number of aromatic nitrogens is 3. The van der Waals surface area contributed by atoms with E-state index in [1.54, 1.807) is 6.20 Å². The van der Waals surface area contributed by atoms with Gasteiger partial charge in [0.05, 0.1) is 11.9 Å². The Labute approximate surface area is 143 Å². The third kappa shape index (κ3) is 4.04. The quantitative estimate of drug-likeness (QED) is 0.701. The van der Waals surface area contributed by atoms with E-state index in [1.807, 2.05) is 36.4 Å². The molecule has 1 heterocycles. The largest absolute Gasteiger partial charge is 0.349 e. The summed E-state index contributed by atoms with van der Waals surface area (Å²) in [7, 11) is 0. The van der Waals surface area contributed by atoms with E-state index in [-0.39, 0.29) is 0 Å². The highest BCUT2D eigenvalue weighted by molar-refractivity contribution is 9.10. The van der Waals surface area contributed by atoms with Gasteiger partial charge in [-0.1, -0.05) is 36.4 Å². The van der Waals surface area contributed by atoms with Crippen LogP contribution in [-0.2, 0) is 6.54 Å². The van der Waals surface area contributed by atoms with Gasteiger partial charge in [-0.05, 0) is 46.1 Å². The number of anilines is 3.